The molecule has 0 spiro atoms. The van der Waals surface area contributed by atoms with Gasteiger partial charge in [-0.05, 0) is 49.2 Å². The van der Waals surface area contributed by atoms with E-state index in [1.165, 1.54) is 14.6 Å². The fourth-order valence-corrected chi connectivity index (χ4v) is 5.86. The Morgan fingerprint density at radius 1 is 1.14 bits per heavy atom. The van der Waals surface area contributed by atoms with Crippen LogP contribution in [-0.4, -0.2) is 35.5 Å². The molecule has 3 heterocycles. The second-order valence-corrected chi connectivity index (χ2v) is 10.9. The molecule has 0 radical (unpaired) electrons. The van der Waals surface area contributed by atoms with Gasteiger partial charge in [-0.1, -0.05) is 30.3 Å². The standard InChI is InChI=1S/C28H28N2O3S2/c1-19-8-9-26(35-19)22-15-23-17-30(27(31)14-21-6-4-3-5-7-21)11-13-33-28(23)24(16-22)32-12-10-25-20(2)29-18-34-25/h3-9,15-16,18H,10-14,17H2,1-2H3. The highest BCUT2D eigenvalue weighted by molar-refractivity contribution is 7.15. The van der Waals surface area contributed by atoms with Crippen molar-refractivity contribution in [3.63, 3.8) is 0 Å². The van der Waals surface area contributed by atoms with Gasteiger partial charge >= 0.3 is 0 Å². The first kappa shape index (κ1) is 23.6. The largest absolute Gasteiger partial charge is 0.489 e. The summed E-state index contributed by atoms with van der Waals surface area (Å²) in [6.07, 6.45) is 1.19. The summed E-state index contributed by atoms with van der Waals surface area (Å²) in [6.45, 7) is 6.18. The summed E-state index contributed by atoms with van der Waals surface area (Å²) in [5.41, 5.74) is 6.03. The number of carbonyl (C=O) groups is 1. The Morgan fingerprint density at radius 2 is 2.00 bits per heavy atom. The molecular weight excluding hydrogens is 476 g/mol. The molecule has 1 aliphatic rings. The molecule has 5 nitrogen and oxygen atoms in total. The number of benzene rings is 2. The summed E-state index contributed by atoms with van der Waals surface area (Å²) >= 11 is 3.41. The van der Waals surface area contributed by atoms with Crippen LogP contribution in [0.4, 0.5) is 0 Å². The predicted octanol–water partition coefficient (Wildman–Crippen LogP) is 6.07. The van der Waals surface area contributed by atoms with Crippen LogP contribution in [0.1, 0.15) is 26.6 Å². The van der Waals surface area contributed by atoms with Crippen LogP contribution in [0.15, 0.2) is 60.1 Å². The Hall–Kier alpha value is -3.16. The van der Waals surface area contributed by atoms with Crippen molar-refractivity contribution in [1.29, 1.82) is 0 Å². The number of rotatable bonds is 7. The first-order chi connectivity index (χ1) is 17.1. The van der Waals surface area contributed by atoms with Gasteiger partial charge in [0.2, 0.25) is 5.91 Å². The SMILES string of the molecule is Cc1ccc(-c2cc3c(c(OCCc4scnc4C)c2)OCCN(C(=O)Cc2ccccc2)C3)s1. The van der Waals surface area contributed by atoms with Gasteiger partial charge in [-0.15, -0.1) is 22.7 Å². The average molecular weight is 505 g/mol. The third-order valence-corrected chi connectivity index (χ3v) is 8.15. The molecule has 0 unspecified atom stereocenters. The second-order valence-electron chi connectivity index (χ2n) is 8.66. The molecule has 0 bridgehead atoms. The Balaban J connectivity index is 1.41. The number of hydrogen-bond acceptors (Lipinski definition) is 6. The van der Waals surface area contributed by atoms with Gasteiger partial charge in [0, 0.05) is 33.2 Å². The predicted molar refractivity (Wildman–Crippen MR) is 142 cm³/mol. The fourth-order valence-electron chi connectivity index (χ4n) is 4.24. The maximum atomic E-state index is 13.1. The summed E-state index contributed by atoms with van der Waals surface area (Å²) in [6, 6.07) is 18.4. The number of aromatic nitrogens is 1. The maximum absolute atomic E-state index is 13.1. The van der Waals surface area contributed by atoms with E-state index in [9.17, 15) is 4.79 Å². The molecule has 1 amide bonds. The van der Waals surface area contributed by atoms with Crippen LogP contribution in [0.3, 0.4) is 0 Å². The molecule has 2 aromatic carbocycles. The van der Waals surface area contributed by atoms with Gasteiger partial charge in [-0.3, -0.25) is 4.79 Å². The number of carbonyl (C=O) groups excluding carboxylic acids is 1. The van der Waals surface area contributed by atoms with Crippen LogP contribution in [0.2, 0.25) is 0 Å². The third-order valence-electron chi connectivity index (χ3n) is 6.11. The molecule has 35 heavy (non-hydrogen) atoms. The van der Waals surface area contributed by atoms with E-state index in [2.05, 4.69) is 36.2 Å². The van der Waals surface area contributed by atoms with Crippen LogP contribution in [0.5, 0.6) is 11.5 Å². The molecule has 0 aliphatic carbocycles. The Bertz CT molecular complexity index is 1310. The molecule has 0 atom stereocenters. The molecule has 5 rings (SSSR count). The smallest absolute Gasteiger partial charge is 0.227 e. The average Bonchev–Trinajstić information content (AvgIpc) is 3.40. The molecule has 4 aromatic rings. The van der Waals surface area contributed by atoms with Gasteiger partial charge in [0.05, 0.1) is 30.8 Å². The number of thiophene rings is 1. The van der Waals surface area contributed by atoms with Crippen molar-refractivity contribution >= 4 is 28.6 Å². The van der Waals surface area contributed by atoms with Gasteiger partial charge in [-0.25, -0.2) is 4.98 Å². The van der Waals surface area contributed by atoms with Gasteiger partial charge in [-0.2, -0.15) is 0 Å². The third kappa shape index (κ3) is 5.57. The summed E-state index contributed by atoms with van der Waals surface area (Å²) in [5, 5.41) is 0. The van der Waals surface area contributed by atoms with Crippen molar-refractivity contribution in [2.75, 3.05) is 19.8 Å². The summed E-state index contributed by atoms with van der Waals surface area (Å²) in [7, 11) is 0. The molecule has 0 N–H and O–H groups in total. The van der Waals surface area contributed by atoms with Gasteiger partial charge in [0.1, 0.15) is 6.61 Å². The van der Waals surface area contributed by atoms with E-state index in [0.29, 0.717) is 32.7 Å². The van der Waals surface area contributed by atoms with Gasteiger partial charge in [0.25, 0.3) is 0 Å². The first-order valence-electron chi connectivity index (χ1n) is 11.8. The molecule has 1 aliphatic heterocycles. The van der Waals surface area contributed by atoms with Crippen molar-refractivity contribution in [3.05, 3.63) is 86.7 Å². The molecule has 7 heteroatoms. The topological polar surface area (TPSA) is 51.7 Å². The minimum Gasteiger partial charge on any atom is -0.489 e. The number of hydrogen-bond donors (Lipinski definition) is 0. The number of amides is 1. The number of thiazole rings is 1. The quantitative estimate of drug-likeness (QED) is 0.306. The van der Waals surface area contributed by atoms with Crippen molar-refractivity contribution in [2.45, 2.75) is 33.2 Å². The summed E-state index contributed by atoms with van der Waals surface area (Å²) in [4.78, 5) is 23.1. The van der Waals surface area contributed by atoms with E-state index in [0.717, 1.165) is 40.3 Å². The van der Waals surface area contributed by atoms with E-state index in [4.69, 9.17) is 9.47 Å². The lowest BCUT2D eigenvalue weighted by Gasteiger charge is -2.20. The van der Waals surface area contributed by atoms with Crippen molar-refractivity contribution in [2.24, 2.45) is 0 Å². The summed E-state index contributed by atoms with van der Waals surface area (Å²) < 4.78 is 12.5. The molecular formula is C28H28N2O3S2. The van der Waals surface area contributed by atoms with Crippen molar-refractivity contribution < 1.29 is 14.3 Å². The van der Waals surface area contributed by atoms with Crippen LogP contribution in [0.25, 0.3) is 10.4 Å². The van der Waals surface area contributed by atoms with E-state index in [1.54, 1.807) is 22.7 Å². The zero-order valence-electron chi connectivity index (χ0n) is 20.0. The fraction of sp³-hybridized carbons (Fsp3) is 0.286. The van der Waals surface area contributed by atoms with Gasteiger partial charge in [0.15, 0.2) is 11.5 Å². The zero-order valence-corrected chi connectivity index (χ0v) is 21.6. The van der Waals surface area contributed by atoms with Crippen LogP contribution in [-0.2, 0) is 24.2 Å². The number of nitrogens with zero attached hydrogens (tertiary/aromatic N) is 2. The monoisotopic (exact) mass is 504 g/mol. The number of ether oxygens (including phenoxy) is 2. The lowest BCUT2D eigenvalue weighted by molar-refractivity contribution is -0.131. The molecule has 2 aromatic heterocycles. The number of aryl methyl sites for hydroxylation is 2. The van der Waals surface area contributed by atoms with E-state index in [-0.39, 0.29) is 5.91 Å². The maximum Gasteiger partial charge on any atom is 0.227 e. The minimum atomic E-state index is 0.105. The Morgan fingerprint density at radius 3 is 2.74 bits per heavy atom. The zero-order chi connectivity index (χ0) is 24.2. The Labute approximate surface area is 214 Å². The van der Waals surface area contributed by atoms with E-state index < -0.39 is 0 Å². The van der Waals surface area contributed by atoms with E-state index in [1.807, 2.05) is 47.7 Å². The lowest BCUT2D eigenvalue weighted by atomic mass is 10.1. The second kappa shape index (κ2) is 10.6. The van der Waals surface area contributed by atoms with Crippen LogP contribution < -0.4 is 9.47 Å². The first-order valence-corrected chi connectivity index (χ1v) is 13.5. The molecule has 0 saturated heterocycles. The van der Waals surface area contributed by atoms with Crippen LogP contribution in [0, 0.1) is 13.8 Å². The highest BCUT2D eigenvalue weighted by Crippen LogP contribution is 2.40. The lowest BCUT2D eigenvalue weighted by Crippen LogP contribution is -2.33. The number of fused-ring (bicyclic) bond motifs is 1. The van der Waals surface area contributed by atoms with Gasteiger partial charge < -0.3 is 14.4 Å². The molecule has 0 fully saturated rings. The highest BCUT2D eigenvalue weighted by Gasteiger charge is 2.24. The highest BCUT2D eigenvalue weighted by atomic mass is 32.1. The molecule has 0 saturated carbocycles. The minimum absolute atomic E-state index is 0.105. The van der Waals surface area contributed by atoms with E-state index >= 15 is 0 Å². The normalized spacial score (nSPS) is 13.1. The van der Waals surface area contributed by atoms with Crippen LogP contribution >= 0.6 is 22.7 Å². The summed E-state index contributed by atoms with van der Waals surface area (Å²) in [5.74, 6) is 1.59. The Kier molecular flexibility index (Phi) is 7.16. The molecule has 180 valence electrons. The van der Waals surface area contributed by atoms with Crippen molar-refractivity contribution in [1.82, 2.24) is 9.88 Å². The van der Waals surface area contributed by atoms with Crippen molar-refractivity contribution in [3.8, 4) is 21.9 Å².